The number of hydrogen-bond donors (Lipinski definition) is 1. The van der Waals surface area contributed by atoms with Crippen molar-refractivity contribution in [2.45, 2.75) is 20.4 Å². The smallest absolute Gasteiger partial charge is 0.244 e. The van der Waals surface area contributed by atoms with E-state index in [1.54, 1.807) is 55.5 Å². The number of rotatable bonds is 6. The molecule has 0 aliphatic rings. The second kappa shape index (κ2) is 9.49. The van der Waals surface area contributed by atoms with Crippen molar-refractivity contribution >= 4 is 40.0 Å². The fourth-order valence-electron chi connectivity index (χ4n) is 3.63. The number of carbonyl (C=O) groups is 2. The highest BCUT2D eigenvalue weighted by Gasteiger charge is 2.19. The van der Waals surface area contributed by atoms with Crippen LogP contribution >= 0.6 is 11.6 Å². The molecule has 0 saturated carbocycles. The van der Waals surface area contributed by atoms with Gasteiger partial charge in [0.05, 0.1) is 28.8 Å². The van der Waals surface area contributed by atoms with Gasteiger partial charge in [-0.25, -0.2) is 4.98 Å². The van der Waals surface area contributed by atoms with E-state index >= 15 is 0 Å². The van der Waals surface area contributed by atoms with E-state index in [-0.39, 0.29) is 23.4 Å². The van der Waals surface area contributed by atoms with Gasteiger partial charge in [-0.2, -0.15) is 0 Å². The van der Waals surface area contributed by atoms with E-state index in [1.165, 1.54) is 17.9 Å². The van der Waals surface area contributed by atoms with Crippen LogP contribution in [-0.4, -0.2) is 28.4 Å². The minimum Gasteiger partial charge on any atom is -0.497 e. The lowest BCUT2D eigenvalue weighted by Gasteiger charge is -2.14. The highest BCUT2D eigenvalue weighted by atomic mass is 35.5. The molecule has 172 valence electrons. The molecule has 0 fully saturated rings. The number of hydrogen-bond acceptors (Lipinski definition) is 5. The zero-order valence-electron chi connectivity index (χ0n) is 18.9. The average Bonchev–Trinajstić information content (AvgIpc) is 2.83. The quantitative estimate of drug-likeness (QED) is 0.413. The minimum atomic E-state index is -0.453. The van der Waals surface area contributed by atoms with E-state index in [4.69, 9.17) is 16.3 Å². The highest BCUT2D eigenvalue weighted by Crippen LogP contribution is 2.25. The molecular weight excluding hydrogens is 454 g/mol. The Morgan fingerprint density at radius 2 is 1.79 bits per heavy atom. The molecule has 7 nitrogen and oxygen atoms in total. The van der Waals surface area contributed by atoms with Crippen molar-refractivity contribution in [1.29, 1.82) is 0 Å². The van der Waals surface area contributed by atoms with Gasteiger partial charge in [0.1, 0.15) is 17.9 Å². The summed E-state index contributed by atoms with van der Waals surface area (Å²) in [6.45, 7) is 3.47. The summed E-state index contributed by atoms with van der Waals surface area (Å²) in [6.07, 6.45) is 1.39. The molecule has 0 bridgehead atoms. The maximum Gasteiger partial charge on any atom is 0.244 e. The van der Waals surface area contributed by atoms with Gasteiger partial charge in [0.25, 0.3) is 0 Å². The van der Waals surface area contributed by atoms with Gasteiger partial charge < -0.3 is 14.6 Å². The van der Waals surface area contributed by atoms with E-state index in [2.05, 4.69) is 10.3 Å². The number of nitrogens with one attached hydrogen (secondary N) is 1. The summed E-state index contributed by atoms with van der Waals surface area (Å²) in [5.74, 6) is -0.228. The average molecular weight is 476 g/mol. The first kappa shape index (κ1) is 23.2. The van der Waals surface area contributed by atoms with E-state index in [9.17, 15) is 14.4 Å². The lowest BCUT2D eigenvalue weighted by Crippen LogP contribution is -2.25. The molecule has 0 aliphatic heterocycles. The number of carbonyl (C=O) groups excluding carboxylic acids is 2. The highest BCUT2D eigenvalue weighted by molar-refractivity contribution is 6.34. The lowest BCUT2D eigenvalue weighted by molar-refractivity contribution is -0.116. The van der Waals surface area contributed by atoms with Gasteiger partial charge >= 0.3 is 0 Å². The van der Waals surface area contributed by atoms with Crippen LogP contribution < -0.4 is 15.5 Å². The number of amides is 1. The summed E-state index contributed by atoms with van der Waals surface area (Å²) < 4.78 is 6.65. The van der Waals surface area contributed by atoms with Crippen molar-refractivity contribution < 1.29 is 14.3 Å². The van der Waals surface area contributed by atoms with E-state index in [0.717, 1.165) is 5.56 Å². The Hall–Kier alpha value is -3.97. The number of ether oxygens (including phenoxy) is 1. The van der Waals surface area contributed by atoms with Crippen molar-refractivity contribution in [1.82, 2.24) is 9.55 Å². The predicted octanol–water partition coefficient (Wildman–Crippen LogP) is 4.55. The molecular formula is C26H22ClN3O4. The Bertz CT molecular complexity index is 1480. The fraction of sp³-hybridized carbons (Fsp3) is 0.154. The van der Waals surface area contributed by atoms with Gasteiger partial charge in [-0.1, -0.05) is 23.7 Å². The molecule has 0 aliphatic carbocycles. The third kappa shape index (κ3) is 4.56. The molecule has 0 spiro atoms. The topological polar surface area (TPSA) is 90.3 Å². The minimum absolute atomic E-state index is 0.0512. The van der Waals surface area contributed by atoms with Crippen LogP contribution in [0.2, 0.25) is 5.02 Å². The number of benzene rings is 2. The number of aryl methyl sites for hydroxylation is 2. The fourth-order valence-corrected chi connectivity index (χ4v) is 3.80. The number of anilines is 1. The summed E-state index contributed by atoms with van der Waals surface area (Å²) in [4.78, 5) is 43.7. The number of ketones is 1. The zero-order chi connectivity index (χ0) is 24.4. The number of pyridine rings is 2. The second-order valence-electron chi connectivity index (χ2n) is 7.87. The molecule has 8 heteroatoms. The Kier molecular flexibility index (Phi) is 6.47. The van der Waals surface area contributed by atoms with Gasteiger partial charge in [-0.05, 0) is 61.9 Å². The lowest BCUT2D eigenvalue weighted by atomic mass is 10.0. The Morgan fingerprint density at radius 1 is 1.06 bits per heavy atom. The zero-order valence-corrected chi connectivity index (χ0v) is 19.6. The monoisotopic (exact) mass is 475 g/mol. The standard InChI is InChI=1S/C26H22ClN3O4/c1-15-5-4-6-21(23(15)27)29-22(31)14-30-13-20(24(32)17-8-10-18(34-3)11-9-17)25(33)19-12-7-16(2)28-26(19)30/h4-13H,14H2,1-3H3,(H,29,31). The Morgan fingerprint density at radius 3 is 2.50 bits per heavy atom. The van der Waals surface area contributed by atoms with Crippen LogP contribution in [0.1, 0.15) is 27.2 Å². The van der Waals surface area contributed by atoms with Crippen molar-refractivity contribution in [2.75, 3.05) is 12.4 Å². The molecule has 2 aromatic carbocycles. The van der Waals surface area contributed by atoms with Crippen molar-refractivity contribution in [3.8, 4) is 5.75 Å². The first-order chi connectivity index (χ1) is 16.3. The Balaban J connectivity index is 1.76. The molecule has 0 radical (unpaired) electrons. The largest absolute Gasteiger partial charge is 0.497 e. The third-order valence-corrected chi connectivity index (χ3v) is 5.94. The molecule has 2 heterocycles. The molecule has 34 heavy (non-hydrogen) atoms. The Labute approximate surface area is 201 Å². The van der Waals surface area contributed by atoms with Crippen LogP contribution in [0.15, 0.2) is 65.6 Å². The van der Waals surface area contributed by atoms with Gasteiger partial charge in [-0.15, -0.1) is 0 Å². The number of nitrogens with zero attached hydrogens (tertiary/aromatic N) is 2. The van der Waals surface area contributed by atoms with Gasteiger partial charge in [-0.3, -0.25) is 14.4 Å². The van der Waals surface area contributed by atoms with Crippen molar-refractivity contribution in [2.24, 2.45) is 0 Å². The summed E-state index contributed by atoms with van der Waals surface area (Å²) in [7, 11) is 1.53. The number of methoxy groups -OCH3 is 1. The van der Waals surface area contributed by atoms with Gasteiger partial charge in [0.15, 0.2) is 5.78 Å². The van der Waals surface area contributed by atoms with Crippen molar-refractivity contribution in [3.05, 3.63) is 98.4 Å². The summed E-state index contributed by atoms with van der Waals surface area (Å²) in [5.41, 5.74) is 2.15. The maximum absolute atomic E-state index is 13.2. The SMILES string of the molecule is COc1ccc(C(=O)c2cn(CC(=O)Nc3cccc(C)c3Cl)c3nc(C)ccc3c2=O)cc1. The molecule has 0 unspecified atom stereocenters. The van der Waals surface area contributed by atoms with Gasteiger partial charge in [0.2, 0.25) is 11.3 Å². The summed E-state index contributed by atoms with van der Waals surface area (Å²) >= 11 is 6.30. The first-order valence-electron chi connectivity index (χ1n) is 10.5. The van der Waals surface area contributed by atoms with Gasteiger partial charge in [0, 0.05) is 17.5 Å². The second-order valence-corrected chi connectivity index (χ2v) is 8.24. The van der Waals surface area contributed by atoms with Crippen molar-refractivity contribution in [3.63, 3.8) is 0 Å². The molecule has 4 aromatic rings. The van der Waals surface area contributed by atoms with Crippen LogP contribution in [-0.2, 0) is 11.3 Å². The molecule has 0 saturated heterocycles. The van der Waals surface area contributed by atoms with Crippen LogP contribution in [0, 0.1) is 13.8 Å². The van der Waals surface area contributed by atoms with Crippen LogP contribution in [0.4, 0.5) is 5.69 Å². The molecule has 1 N–H and O–H groups in total. The predicted molar refractivity (Wildman–Crippen MR) is 132 cm³/mol. The number of fused-ring (bicyclic) bond motifs is 1. The van der Waals surface area contributed by atoms with E-state index < -0.39 is 11.2 Å². The van der Waals surface area contributed by atoms with Crippen LogP contribution in [0.25, 0.3) is 11.0 Å². The molecule has 0 atom stereocenters. The van der Waals surface area contributed by atoms with Crippen LogP contribution in [0.3, 0.4) is 0 Å². The molecule has 1 amide bonds. The first-order valence-corrected chi connectivity index (χ1v) is 10.9. The normalized spacial score (nSPS) is 10.8. The number of aromatic nitrogens is 2. The van der Waals surface area contributed by atoms with E-state index in [0.29, 0.717) is 33.4 Å². The maximum atomic E-state index is 13.2. The molecule has 4 rings (SSSR count). The van der Waals surface area contributed by atoms with Crippen LogP contribution in [0.5, 0.6) is 5.75 Å². The molecule has 2 aromatic heterocycles. The summed E-state index contributed by atoms with van der Waals surface area (Å²) in [5, 5.41) is 3.49. The van der Waals surface area contributed by atoms with E-state index in [1.807, 2.05) is 13.0 Å². The summed E-state index contributed by atoms with van der Waals surface area (Å²) in [6, 6.07) is 15.1. The third-order valence-electron chi connectivity index (χ3n) is 5.44. The number of halogens is 1.